The maximum Gasteiger partial charge on any atom is 0.410 e. The first-order valence-corrected chi connectivity index (χ1v) is 8.05. The van der Waals surface area contributed by atoms with E-state index in [9.17, 15) is 4.79 Å². The average Bonchev–Trinajstić information content (AvgIpc) is 2.44. The number of methoxy groups -OCH3 is 1. The molecule has 0 bridgehead atoms. The standard InChI is InChI=1S/C18H30N2O3/c1-15-7-6-8-16(13-15)14-19-9-10-20(11-12-22-5)17(21)23-18(2,3)4/h6-8,13,19H,9-12,14H2,1-5H3. The number of ether oxygens (including phenoxy) is 2. The lowest BCUT2D eigenvalue weighted by Crippen LogP contribution is -2.42. The molecule has 0 unspecified atom stereocenters. The third kappa shape index (κ3) is 8.57. The zero-order valence-corrected chi connectivity index (χ0v) is 15.0. The second-order valence-corrected chi connectivity index (χ2v) is 6.63. The normalized spacial score (nSPS) is 11.3. The van der Waals surface area contributed by atoms with Crippen LogP contribution in [-0.4, -0.2) is 49.9 Å². The Morgan fingerprint density at radius 2 is 2.00 bits per heavy atom. The van der Waals surface area contributed by atoms with E-state index in [0.29, 0.717) is 26.2 Å². The van der Waals surface area contributed by atoms with E-state index in [4.69, 9.17) is 9.47 Å². The lowest BCUT2D eigenvalue weighted by atomic mass is 10.1. The minimum atomic E-state index is -0.489. The first kappa shape index (κ1) is 19.5. The highest BCUT2D eigenvalue weighted by atomic mass is 16.6. The van der Waals surface area contributed by atoms with Crippen LogP contribution in [-0.2, 0) is 16.0 Å². The van der Waals surface area contributed by atoms with Crippen LogP contribution in [0.3, 0.4) is 0 Å². The van der Waals surface area contributed by atoms with E-state index in [1.54, 1.807) is 12.0 Å². The highest BCUT2D eigenvalue weighted by Crippen LogP contribution is 2.09. The van der Waals surface area contributed by atoms with Crippen molar-refractivity contribution in [3.8, 4) is 0 Å². The monoisotopic (exact) mass is 322 g/mol. The van der Waals surface area contributed by atoms with Gasteiger partial charge in [0, 0.05) is 33.3 Å². The van der Waals surface area contributed by atoms with E-state index in [1.165, 1.54) is 11.1 Å². The van der Waals surface area contributed by atoms with Gasteiger partial charge in [-0.25, -0.2) is 4.79 Å². The van der Waals surface area contributed by atoms with Crippen LogP contribution in [0, 0.1) is 6.92 Å². The molecule has 0 radical (unpaired) electrons. The number of nitrogens with one attached hydrogen (secondary N) is 1. The second-order valence-electron chi connectivity index (χ2n) is 6.63. The van der Waals surface area contributed by atoms with Crippen molar-refractivity contribution in [2.45, 2.75) is 39.8 Å². The SMILES string of the molecule is COCCN(CCNCc1cccc(C)c1)C(=O)OC(C)(C)C. The summed E-state index contributed by atoms with van der Waals surface area (Å²) in [6.07, 6.45) is -0.299. The number of hydrogen-bond acceptors (Lipinski definition) is 4. The molecule has 0 aromatic heterocycles. The first-order chi connectivity index (χ1) is 10.8. The molecule has 1 rings (SSSR count). The van der Waals surface area contributed by atoms with Gasteiger partial charge in [-0.05, 0) is 33.3 Å². The van der Waals surface area contributed by atoms with Crippen LogP contribution in [0.1, 0.15) is 31.9 Å². The van der Waals surface area contributed by atoms with Crippen molar-refractivity contribution >= 4 is 6.09 Å². The fourth-order valence-corrected chi connectivity index (χ4v) is 2.09. The number of carbonyl (C=O) groups is 1. The van der Waals surface area contributed by atoms with Gasteiger partial charge >= 0.3 is 6.09 Å². The fourth-order valence-electron chi connectivity index (χ4n) is 2.09. The first-order valence-electron chi connectivity index (χ1n) is 8.05. The van der Waals surface area contributed by atoms with Crippen molar-refractivity contribution in [1.29, 1.82) is 0 Å². The number of hydrogen-bond donors (Lipinski definition) is 1. The van der Waals surface area contributed by atoms with Gasteiger partial charge in [-0.1, -0.05) is 29.8 Å². The summed E-state index contributed by atoms with van der Waals surface area (Å²) in [5.74, 6) is 0. The molecule has 0 aliphatic heterocycles. The van der Waals surface area contributed by atoms with E-state index >= 15 is 0 Å². The molecule has 0 aliphatic rings. The summed E-state index contributed by atoms with van der Waals surface area (Å²) in [5, 5.41) is 3.36. The molecule has 0 saturated heterocycles. The van der Waals surface area contributed by atoms with Crippen LogP contribution in [0.25, 0.3) is 0 Å². The Balaban J connectivity index is 2.42. The molecule has 0 atom stereocenters. The van der Waals surface area contributed by atoms with Gasteiger partial charge in [0.1, 0.15) is 5.60 Å². The van der Waals surface area contributed by atoms with Gasteiger partial charge in [0.2, 0.25) is 0 Å². The molecule has 0 aliphatic carbocycles. The summed E-state index contributed by atoms with van der Waals surface area (Å²) >= 11 is 0. The van der Waals surface area contributed by atoms with Gasteiger partial charge < -0.3 is 19.7 Å². The third-order valence-electron chi connectivity index (χ3n) is 3.19. The van der Waals surface area contributed by atoms with Crippen molar-refractivity contribution in [2.24, 2.45) is 0 Å². The molecule has 130 valence electrons. The molecule has 5 nitrogen and oxygen atoms in total. The molecule has 1 amide bonds. The average molecular weight is 322 g/mol. The molecule has 0 heterocycles. The smallest absolute Gasteiger partial charge is 0.410 e. The third-order valence-corrected chi connectivity index (χ3v) is 3.19. The molecule has 0 spiro atoms. The van der Waals surface area contributed by atoms with Crippen LogP contribution >= 0.6 is 0 Å². The van der Waals surface area contributed by atoms with Crippen molar-refractivity contribution in [3.63, 3.8) is 0 Å². The van der Waals surface area contributed by atoms with Gasteiger partial charge in [-0.2, -0.15) is 0 Å². The Labute approximate surface area is 140 Å². The van der Waals surface area contributed by atoms with Gasteiger partial charge in [0.25, 0.3) is 0 Å². The van der Waals surface area contributed by atoms with Crippen LogP contribution < -0.4 is 5.32 Å². The summed E-state index contributed by atoms with van der Waals surface area (Å²) in [6.45, 7) is 10.8. The molecule has 23 heavy (non-hydrogen) atoms. The zero-order valence-electron chi connectivity index (χ0n) is 15.0. The molecule has 0 saturated carbocycles. The summed E-state index contributed by atoms with van der Waals surface area (Å²) in [7, 11) is 1.63. The Morgan fingerprint density at radius 1 is 1.26 bits per heavy atom. The highest BCUT2D eigenvalue weighted by Gasteiger charge is 2.21. The summed E-state index contributed by atoms with van der Waals surface area (Å²) in [6, 6.07) is 8.39. The minimum absolute atomic E-state index is 0.299. The summed E-state index contributed by atoms with van der Waals surface area (Å²) < 4.78 is 10.5. The lowest BCUT2D eigenvalue weighted by Gasteiger charge is -2.27. The topological polar surface area (TPSA) is 50.8 Å². The number of rotatable bonds is 8. The second kappa shape index (κ2) is 9.53. The maximum atomic E-state index is 12.2. The van der Waals surface area contributed by atoms with Gasteiger partial charge in [-0.15, -0.1) is 0 Å². The van der Waals surface area contributed by atoms with Crippen LogP contribution in [0.2, 0.25) is 0 Å². The molecule has 0 fully saturated rings. The quantitative estimate of drug-likeness (QED) is 0.748. The number of benzene rings is 1. The van der Waals surface area contributed by atoms with E-state index in [2.05, 4.69) is 36.5 Å². The highest BCUT2D eigenvalue weighted by molar-refractivity contribution is 5.68. The van der Waals surface area contributed by atoms with Crippen molar-refractivity contribution in [2.75, 3.05) is 33.4 Å². The van der Waals surface area contributed by atoms with Crippen LogP contribution in [0.15, 0.2) is 24.3 Å². The largest absolute Gasteiger partial charge is 0.444 e. The predicted octanol–water partition coefficient (Wildman–Crippen LogP) is 2.97. The van der Waals surface area contributed by atoms with Crippen molar-refractivity contribution < 1.29 is 14.3 Å². The minimum Gasteiger partial charge on any atom is -0.444 e. The Hall–Kier alpha value is -1.59. The predicted molar refractivity (Wildman–Crippen MR) is 92.6 cm³/mol. The van der Waals surface area contributed by atoms with Gasteiger partial charge in [0.05, 0.1) is 6.61 Å². The summed E-state index contributed by atoms with van der Waals surface area (Å²) in [5.41, 5.74) is 2.00. The number of amides is 1. The molecule has 1 aromatic carbocycles. The zero-order chi connectivity index (χ0) is 17.3. The molecule has 5 heteroatoms. The molecular formula is C18H30N2O3. The molecule has 1 N–H and O–H groups in total. The summed E-state index contributed by atoms with van der Waals surface area (Å²) in [4.78, 5) is 13.9. The van der Waals surface area contributed by atoms with E-state index in [0.717, 1.165) is 6.54 Å². The lowest BCUT2D eigenvalue weighted by molar-refractivity contribution is 0.0204. The molecular weight excluding hydrogens is 292 g/mol. The Bertz CT molecular complexity index is 483. The van der Waals surface area contributed by atoms with E-state index in [-0.39, 0.29) is 6.09 Å². The Kier molecular flexibility index (Phi) is 8.06. The van der Waals surface area contributed by atoms with Crippen LogP contribution in [0.5, 0.6) is 0 Å². The fraction of sp³-hybridized carbons (Fsp3) is 0.611. The maximum absolute atomic E-state index is 12.2. The number of carbonyl (C=O) groups excluding carboxylic acids is 1. The molecule has 1 aromatic rings. The Morgan fingerprint density at radius 3 is 2.61 bits per heavy atom. The number of aryl methyl sites for hydroxylation is 1. The van der Waals surface area contributed by atoms with E-state index < -0.39 is 5.60 Å². The van der Waals surface area contributed by atoms with Crippen LogP contribution in [0.4, 0.5) is 4.79 Å². The van der Waals surface area contributed by atoms with Crippen molar-refractivity contribution in [3.05, 3.63) is 35.4 Å². The van der Waals surface area contributed by atoms with Gasteiger partial charge in [-0.3, -0.25) is 0 Å². The number of nitrogens with zero attached hydrogens (tertiary/aromatic N) is 1. The van der Waals surface area contributed by atoms with Gasteiger partial charge in [0.15, 0.2) is 0 Å². The van der Waals surface area contributed by atoms with E-state index in [1.807, 2.05) is 20.8 Å². The van der Waals surface area contributed by atoms with Crippen molar-refractivity contribution in [1.82, 2.24) is 10.2 Å².